The van der Waals surface area contributed by atoms with Crippen molar-refractivity contribution in [1.82, 2.24) is 0 Å². The number of carbonyl (C=O) groups excluding carboxylic acids is 1. The molecule has 0 saturated carbocycles. The molecular formula is C16H19NO. The summed E-state index contributed by atoms with van der Waals surface area (Å²) in [6.07, 6.45) is 1.70. The number of nitrogens with zero attached hydrogens (tertiary/aromatic N) is 1. The molecule has 1 aromatic carbocycles. The third kappa shape index (κ3) is 1.59. The number of fused-ring (bicyclic) bond motifs is 3. The molecule has 1 atom stereocenters. The van der Waals surface area contributed by atoms with Crippen molar-refractivity contribution in [2.75, 3.05) is 11.4 Å². The number of aryl methyl sites for hydroxylation is 1. The van der Waals surface area contributed by atoms with E-state index >= 15 is 0 Å². The number of hydrogen-bond acceptors (Lipinski definition) is 2. The lowest BCUT2D eigenvalue weighted by Crippen LogP contribution is -2.39. The first-order chi connectivity index (χ1) is 8.58. The monoisotopic (exact) mass is 241 g/mol. The second kappa shape index (κ2) is 3.98. The molecule has 0 N–H and O–H groups in total. The molecule has 3 rings (SSSR count). The van der Waals surface area contributed by atoms with E-state index in [2.05, 4.69) is 36.9 Å². The quantitative estimate of drug-likeness (QED) is 0.695. The Morgan fingerprint density at radius 1 is 1.28 bits per heavy atom. The second-order valence-electron chi connectivity index (χ2n) is 5.57. The van der Waals surface area contributed by atoms with E-state index in [0.717, 1.165) is 18.5 Å². The topological polar surface area (TPSA) is 20.3 Å². The largest absolute Gasteiger partial charge is 0.344 e. The lowest BCUT2D eigenvalue weighted by molar-refractivity contribution is -0.115. The van der Waals surface area contributed by atoms with Gasteiger partial charge in [-0.05, 0) is 31.9 Å². The minimum absolute atomic E-state index is 0.323. The van der Waals surface area contributed by atoms with Gasteiger partial charge >= 0.3 is 0 Å². The van der Waals surface area contributed by atoms with E-state index in [4.69, 9.17) is 0 Å². The van der Waals surface area contributed by atoms with Crippen LogP contribution in [0.15, 0.2) is 29.5 Å². The van der Waals surface area contributed by atoms with Gasteiger partial charge in [0.05, 0.1) is 0 Å². The summed E-state index contributed by atoms with van der Waals surface area (Å²) in [6, 6.07) is 6.66. The summed E-state index contributed by atoms with van der Waals surface area (Å²) in [5.41, 5.74) is 6.27. The molecule has 0 aromatic heterocycles. The molecule has 2 heterocycles. The van der Waals surface area contributed by atoms with Crippen LogP contribution in [0.4, 0.5) is 5.69 Å². The number of benzene rings is 1. The van der Waals surface area contributed by atoms with Crippen LogP contribution in [-0.4, -0.2) is 12.3 Å². The normalized spacial score (nSPS) is 22.9. The average Bonchev–Trinajstić information content (AvgIpc) is 2.32. The summed E-state index contributed by atoms with van der Waals surface area (Å²) in [5.74, 6) is 0.771. The summed E-state index contributed by atoms with van der Waals surface area (Å²) in [4.78, 5) is 14.2. The van der Waals surface area contributed by atoms with Gasteiger partial charge in [-0.1, -0.05) is 24.6 Å². The highest BCUT2D eigenvalue weighted by Crippen LogP contribution is 2.40. The molecular weight excluding hydrogens is 222 g/mol. The van der Waals surface area contributed by atoms with Crippen molar-refractivity contribution in [2.24, 2.45) is 5.92 Å². The number of hydrogen-bond donors (Lipinski definition) is 0. The molecule has 1 aromatic rings. The van der Waals surface area contributed by atoms with Crippen LogP contribution in [0.25, 0.3) is 0 Å². The first-order valence-corrected chi connectivity index (χ1v) is 6.69. The molecule has 0 amide bonds. The maximum Gasteiger partial charge on any atom is 0.162 e. The molecule has 0 bridgehead atoms. The molecule has 0 radical (unpaired) electrons. The smallest absolute Gasteiger partial charge is 0.162 e. The van der Waals surface area contributed by atoms with Gasteiger partial charge in [-0.3, -0.25) is 4.79 Å². The fraction of sp³-hybridized carbons (Fsp3) is 0.438. The van der Waals surface area contributed by atoms with Crippen LogP contribution >= 0.6 is 0 Å². The van der Waals surface area contributed by atoms with Crippen molar-refractivity contribution < 1.29 is 4.79 Å². The van der Waals surface area contributed by atoms with Crippen LogP contribution in [0.3, 0.4) is 0 Å². The molecule has 0 saturated heterocycles. The third-order valence-corrected chi connectivity index (χ3v) is 4.17. The van der Waals surface area contributed by atoms with E-state index in [1.807, 2.05) is 6.92 Å². The number of rotatable bonds is 0. The molecule has 2 aliphatic heterocycles. The van der Waals surface area contributed by atoms with Crippen molar-refractivity contribution in [1.29, 1.82) is 0 Å². The third-order valence-electron chi connectivity index (χ3n) is 4.17. The number of allylic oxidation sites excluding steroid dienone is 2. The fourth-order valence-electron chi connectivity index (χ4n) is 3.32. The Kier molecular flexibility index (Phi) is 2.54. The van der Waals surface area contributed by atoms with Crippen LogP contribution in [0.5, 0.6) is 0 Å². The van der Waals surface area contributed by atoms with Crippen LogP contribution in [-0.2, 0) is 11.2 Å². The summed E-state index contributed by atoms with van der Waals surface area (Å²) in [7, 11) is 0. The van der Waals surface area contributed by atoms with Crippen molar-refractivity contribution in [2.45, 2.75) is 33.6 Å². The Morgan fingerprint density at radius 2 is 2.06 bits per heavy atom. The Hall–Kier alpha value is -1.57. The van der Waals surface area contributed by atoms with Crippen LogP contribution < -0.4 is 4.90 Å². The van der Waals surface area contributed by atoms with Crippen LogP contribution in [0.2, 0.25) is 0 Å². The van der Waals surface area contributed by atoms with Gasteiger partial charge in [-0.15, -0.1) is 0 Å². The summed E-state index contributed by atoms with van der Waals surface area (Å²) < 4.78 is 0. The zero-order valence-electron chi connectivity index (χ0n) is 11.3. The molecule has 0 aliphatic carbocycles. The lowest BCUT2D eigenvalue weighted by atomic mass is 9.84. The number of anilines is 1. The van der Waals surface area contributed by atoms with E-state index in [1.54, 1.807) is 0 Å². The maximum atomic E-state index is 11.9. The van der Waals surface area contributed by atoms with Gasteiger partial charge in [-0.2, -0.15) is 0 Å². The number of ketones is 1. The standard InChI is InChI=1S/C16H19NO/c1-10-4-5-14-13(8-10)9-11(2)16-12(3)15(18)6-7-17(14)16/h4-5,8,11H,6-7,9H2,1-3H3. The van der Waals surface area contributed by atoms with Gasteiger partial charge < -0.3 is 4.90 Å². The van der Waals surface area contributed by atoms with Gasteiger partial charge in [0, 0.05) is 35.8 Å². The Balaban J connectivity index is 2.17. The predicted octanol–water partition coefficient (Wildman–Crippen LogP) is 3.24. The molecule has 0 fully saturated rings. The van der Waals surface area contributed by atoms with E-state index < -0.39 is 0 Å². The van der Waals surface area contributed by atoms with E-state index in [9.17, 15) is 4.79 Å². The highest BCUT2D eigenvalue weighted by molar-refractivity contribution is 5.98. The van der Waals surface area contributed by atoms with E-state index in [1.165, 1.54) is 22.5 Å². The summed E-state index contributed by atoms with van der Waals surface area (Å²) in [5, 5.41) is 0. The summed E-state index contributed by atoms with van der Waals surface area (Å²) in [6.45, 7) is 7.20. The molecule has 18 heavy (non-hydrogen) atoms. The highest BCUT2D eigenvalue weighted by Gasteiger charge is 2.32. The number of Topliss-reactive ketones (excluding diaryl/α,β-unsaturated/α-hetero) is 1. The molecule has 1 unspecified atom stereocenters. The minimum atomic E-state index is 0.323. The minimum Gasteiger partial charge on any atom is -0.344 e. The Labute approximate surface area is 108 Å². The van der Waals surface area contributed by atoms with Crippen LogP contribution in [0, 0.1) is 12.8 Å². The molecule has 2 nitrogen and oxygen atoms in total. The molecule has 2 aliphatic rings. The van der Waals surface area contributed by atoms with Crippen molar-refractivity contribution in [3.8, 4) is 0 Å². The fourth-order valence-corrected chi connectivity index (χ4v) is 3.32. The Bertz CT molecular complexity index is 556. The lowest BCUT2D eigenvalue weighted by Gasteiger charge is -2.41. The number of carbonyl (C=O) groups is 1. The zero-order chi connectivity index (χ0) is 12.9. The predicted molar refractivity (Wildman–Crippen MR) is 73.7 cm³/mol. The van der Waals surface area contributed by atoms with Crippen molar-refractivity contribution >= 4 is 11.5 Å². The average molecular weight is 241 g/mol. The molecule has 94 valence electrons. The first-order valence-electron chi connectivity index (χ1n) is 6.69. The van der Waals surface area contributed by atoms with Gasteiger partial charge in [0.1, 0.15) is 0 Å². The summed E-state index contributed by atoms with van der Waals surface area (Å²) >= 11 is 0. The van der Waals surface area contributed by atoms with E-state index in [-0.39, 0.29) is 0 Å². The van der Waals surface area contributed by atoms with Crippen molar-refractivity contribution in [3.05, 3.63) is 40.6 Å². The van der Waals surface area contributed by atoms with E-state index in [0.29, 0.717) is 18.1 Å². The molecule has 0 spiro atoms. The van der Waals surface area contributed by atoms with Crippen LogP contribution in [0.1, 0.15) is 31.4 Å². The first kappa shape index (κ1) is 11.5. The SMILES string of the molecule is CC1=C2C(C)Cc3cc(C)ccc3N2CCC1=O. The Morgan fingerprint density at radius 3 is 2.83 bits per heavy atom. The van der Waals surface area contributed by atoms with Gasteiger partial charge in [0.15, 0.2) is 5.78 Å². The molecule has 2 heteroatoms. The second-order valence-corrected chi connectivity index (χ2v) is 5.57. The zero-order valence-corrected chi connectivity index (χ0v) is 11.3. The highest BCUT2D eigenvalue weighted by atomic mass is 16.1. The van der Waals surface area contributed by atoms with Crippen molar-refractivity contribution in [3.63, 3.8) is 0 Å². The van der Waals surface area contributed by atoms with Gasteiger partial charge in [0.25, 0.3) is 0 Å². The van der Waals surface area contributed by atoms with Gasteiger partial charge in [0.2, 0.25) is 0 Å². The van der Waals surface area contributed by atoms with Gasteiger partial charge in [-0.25, -0.2) is 0 Å². The maximum absolute atomic E-state index is 11.9.